The molecule has 2 amide bonds. The highest BCUT2D eigenvalue weighted by molar-refractivity contribution is 5.96. The van der Waals surface area contributed by atoms with Crippen LogP contribution < -0.4 is 10.2 Å². The lowest BCUT2D eigenvalue weighted by molar-refractivity contribution is -0.128. The van der Waals surface area contributed by atoms with Crippen molar-refractivity contribution in [2.45, 2.75) is 46.6 Å². The fraction of sp³-hybridized carbons (Fsp3) is 0.579. The first-order chi connectivity index (χ1) is 11.3. The van der Waals surface area contributed by atoms with Crippen LogP contribution in [0.15, 0.2) is 18.2 Å². The van der Waals surface area contributed by atoms with Gasteiger partial charge in [0.25, 0.3) is 0 Å². The summed E-state index contributed by atoms with van der Waals surface area (Å²) in [4.78, 5) is 26.5. The average Bonchev–Trinajstić information content (AvgIpc) is 2.56. The van der Waals surface area contributed by atoms with Crippen molar-refractivity contribution >= 4 is 17.5 Å². The average molecular weight is 332 g/mol. The second-order valence-electron chi connectivity index (χ2n) is 6.97. The van der Waals surface area contributed by atoms with Gasteiger partial charge in [0.1, 0.15) is 0 Å². The van der Waals surface area contributed by atoms with Gasteiger partial charge in [-0.25, -0.2) is 0 Å². The summed E-state index contributed by atoms with van der Waals surface area (Å²) < 4.78 is 0. The van der Waals surface area contributed by atoms with Crippen molar-refractivity contribution in [3.05, 3.63) is 29.3 Å². The highest BCUT2D eigenvalue weighted by atomic mass is 16.3. The van der Waals surface area contributed by atoms with E-state index in [2.05, 4.69) is 5.32 Å². The van der Waals surface area contributed by atoms with Gasteiger partial charge in [0.05, 0.1) is 5.92 Å². The van der Waals surface area contributed by atoms with E-state index in [1.165, 1.54) is 5.56 Å². The molecule has 1 aliphatic rings. The van der Waals surface area contributed by atoms with Crippen LogP contribution in [-0.4, -0.2) is 36.1 Å². The second kappa shape index (κ2) is 7.79. The zero-order valence-electron chi connectivity index (χ0n) is 15.0. The number of nitrogens with one attached hydrogen (secondary N) is 1. The number of piperidine rings is 1. The maximum atomic E-state index is 12.5. The Bertz CT molecular complexity index is 615. The third-order valence-corrected chi connectivity index (χ3v) is 5.10. The van der Waals surface area contributed by atoms with Gasteiger partial charge in [-0.2, -0.15) is 0 Å². The van der Waals surface area contributed by atoms with Crippen molar-refractivity contribution < 1.29 is 14.7 Å². The lowest BCUT2D eigenvalue weighted by Crippen LogP contribution is -2.48. The molecule has 2 N–H and O–H groups in total. The van der Waals surface area contributed by atoms with E-state index in [1.54, 1.807) is 4.90 Å². The third-order valence-electron chi connectivity index (χ3n) is 5.10. The van der Waals surface area contributed by atoms with Crippen LogP contribution in [-0.2, 0) is 9.59 Å². The van der Waals surface area contributed by atoms with E-state index in [4.69, 9.17) is 0 Å². The molecule has 5 nitrogen and oxygen atoms in total. The smallest absolute Gasteiger partial charge is 0.227 e. The van der Waals surface area contributed by atoms with Gasteiger partial charge in [0, 0.05) is 31.3 Å². The van der Waals surface area contributed by atoms with E-state index in [9.17, 15) is 14.7 Å². The number of benzene rings is 1. The molecule has 1 aliphatic heterocycles. The molecule has 0 radical (unpaired) electrons. The van der Waals surface area contributed by atoms with E-state index in [1.807, 2.05) is 45.9 Å². The number of anilines is 1. The van der Waals surface area contributed by atoms with Crippen molar-refractivity contribution in [2.75, 3.05) is 18.1 Å². The first-order valence-electron chi connectivity index (χ1n) is 8.62. The first kappa shape index (κ1) is 18.5. The highest BCUT2D eigenvalue weighted by Crippen LogP contribution is 2.26. The minimum atomic E-state index is -0.211. The number of aryl methyl sites for hydroxylation is 2. The van der Waals surface area contributed by atoms with Crippen LogP contribution in [0.1, 0.15) is 37.8 Å². The lowest BCUT2D eigenvalue weighted by Gasteiger charge is -2.33. The van der Waals surface area contributed by atoms with Gasteiger partial charge in [0.15, 0.2) is 0 Å². The van der Waals surface area contributed by atoms with Crippen molar-refractivity contribution in [1.82, 2.24) is 5.32 Å². The minimum absolute atomic E-state index is 0.00928. The summed E-state index contributed by atoms with van der Waals surface area (Å²) in [6.45, 7) is 8.31. The number of hydrogen-bond donors (Lipinski definition) is 2. The Balaban J connectivity index is 2.08. The summed E-state index contributed by atoms with van der Waals surface area (Å²) in [5, 5.41) is 12.2. The largest absolute Gasteiger partial charge is 0.396 e. The number of nitrogens with zero attached hydrogens (tertiary/aromatic N) is 1. The zero-order valence-corrected chi connectivity index (χ0v) is 15.0. The Kier molecular flexibility index (Phi) is 5.99. The van der Waals surface area contributed by atoms with Crippen molar-refractivity contribution in [1.29, 1.82) is 0 Å². The molecule has 0 aliphatic carbocycles. The van der Waals surface area contributed by atoms with E-state index in [-0.39, 0.29) is 36.3 Å². The SMILES string of the molecule is Cc1ccc(N2CC(C(=O)NC(C)C(C)CO)CCC2=O)cc1C. The van der Waals surface area contributed by atoms with Gasteiger partial charge in [-0.15, -0.1) is 0 Å². The van der Waals surface area contributed by atoms with Gasteiger partial charge in [-0.1, -0.05) is 13.0 Å². The molecule has 5 heteroatoms. The molecule has 1 heterocycles. The summed E-state index contributed by atoms with van der Waals surface area (Å²) in [6.07, 6.45) is 0.960. The number of carbonyl (C=O) groups excluding carboxylic acids is 2. The van der Waals surface area contributed by atoms with Gasteiger partial charge in [0.2, 0.25) is 11.8 Å². The Morgan fingerprint density at radius 2 is 2.04 bits per heavy atom. The molecular formula is C19H28N2O3. The fourth-order valence-electron chi connectivity index (χ4n) is 2.85. The standard InChI is InChI=1S/C19H28N2O3/c1-12-5-7-17(9-13(12)2)21-10-16(6-8-18(21)23)19(24)20-15(4)14(3)11-22/h5,7,9,14-16,22H,6,8,10-11H2,1-4H3,(H,20,24). The first-order valence-corrected chi connectivity index (χ1v) is 8.62. The Morgan fingerprint density at radius 1 is 1.33 bits per heavy atom. The summed E-state index contributed by atoms with van der Waals surface area (Å²) >= 11 is 0. The fourth-order valence-corrected chi connectivity index (χ4v) is 2.85. The Hall–Kier alpha value is -1.88. The molecule has 132 valence electrons. The van der Waals surface area contributed by atoms with Crippen molar-refractivity contribution in [3.8, 4) is 0 Å². The quantitative estimate of drug-likeness (QED) is 0.868. The van der Waals surface area contributed by atoms with Crippen LogP contribution in [0.3, 0.4) is 0 Å². The second-order valence-corrected chi connectivity index (χ2v) is 6.97. The molecule has 1 aromatic rings. The van der Waals surface area contributed by atoms with Crippen LogP contribution in [0.25, 0.3) is 0 Å². The zero-order chi connectivity index (χ0) is 17.9. The van der Waals surface area contributed by atoms with Gasteiger partial charge >= 0.3 is 0 Å². The van der Waals surface area contributed by atoms with Gasteiger partial charge in [-0.05, 0) is 56.4 Å². The van der Waals surface area contributed by atoms with Crippen LogP contribution in [0.5, 0.6) is 0 Å². The highest BCUT2D eigenvalue weighted by Gasteiger charge is 2.32. The van der Waals surface area contributed by atoms with Crippen molar-refractivity contribution in [2.24, 2.45) is 11.8 Å². The van der Waals surface area contributed by atoms with Gasteiger partial charge in [-0.3, -0.25) is 9.59 Å². The summed E-state index contributed by atoms with van der Waals surface area (Å²) in [6, 6.07) is 5.86. The lowest BCUT2D eigenvalue weighted by atomic mass is 9.94. The molecule has 0 aromatic heterocycles. The number of rotatable bonds is 5. The number of amides is 2. The molecule has 3 unspecified atom stereocenters. The van der Waals surface area contributed by atoms with Crippen molar-refractivity contribution in [3.63, 3.8) is 0 Å². The van der Waals surface area contributed by atoms with Crippen LogP contribution in [0.4, 0.5) is 5.69 Å². The van der Waals surface area contributed by atoms with Crippen LogP contribution in [0, 0.1) is 25.7 Å². The Morgan fingerprint density at radius 3 is 2.67 bits per heavy atom. The van der Waals surface area contributed by atoms with Crippen LogP contribution in [0.2, 0.25) is 0 Å². The maximum Gasteiger partial charge on any atom is 0.227 e. The molecule has 3 atom stereocenters. The van der Waals surface area contributed by atoms with E-state index >= 15 is 0 Å². The maximum absolute atomic E-state index is 12.5. The molecule has 0 bridgehead atoms. The molecule has 1 saturated heterocycles. The summed E-state index contributed by atoms with van der Waals surface area (Å²) in [7, 11) is 0. The van der Waals surface area contributed by atoms with Gasteiger partial charge < -0.3 is 15.3 Å². The van der Waals surface area contributed by atoms with E-state index in [0.29, 0.717) is 19.4 Å². The van der Waals surface area contributed by atoms with Crippen LogP contribution >= 0.6 is 0 Å². The monoisotopic (exact) mass is 332 g/mol. The topological polar surface area (TPSA) is 69.6 Å². The van der Waals surface area contributed by atoms with E-state index in [0.717, 1.165) is 11.3 Å². The Labute approximate surface area is 144 Å². The molecule has 0 saturated carbocycles. The minimum Gasteiger partial charge on any atom is -0.396 e. The number of aliphatic hydroxyl groups excluding tert-OH is 1. The molecule has 2 rings (SSSR count). The number of carbonyl (C=O) groups is 2. The van der Waals surface area contributed by atoms with E-state index < -0.39 is 0 Å². The summed E-state index contributed by atoms with van der Waals surface area (Å²) in [5.74, 6) is -0.170. The molecule has 1 aromatic carbocycles. The number of hydrogen-bond acceptors (Lipinski definition) is 3. The predicted octanol–water partition coefficient (Wildman–Crippen LogP) is 2.18. The molecule has 0 spiro atoms. The molecule has 1 fully saturated rings. The number of aliphatic hydroxyl groups is 1. The third kappa shape index (κ3) is 4.15. The molecular weight excluding hydrogens is 304 g/mol. The summed E-state index contributed by atoms with van der Waals surface area (Å²) in [5.41, 5.74) is 3.18. The molecule has 24 heavy (non-hydrogen) atoms. The normalized spacial score (nSPS) is 20.6. The predicted molar refractivity (Wildman–Crippen MR) is 94.8 cm³/mol.